The number of aliphatic hydroxyl groups is 4. The zero-order valence-electron chi connectivity index (χ0n) is 22.1. The molecule has 0 aromatic heterocycles. The zero-order valence-corrected chi connectivity index (χ0v) is 22.1. The van der Waals surface area contributed by atoms with Crippen LogP contribution >= 0.6 is 0 Å². The highest BCUT2D eigenvalue weighted by molar-refractivity contribution is 5.47. The number of nitrogens with two attached hydrogens (primary N) is 3. The van der Waals surface area contributed by atoms with Crippen LogP contribution in [-0.2, 0) is 19.0 Å². The van der Waals surface area contributed by atoms with Crippen molar-refractivity contribution in [1.82, 2.24) is 16.0 Å². The lowest BCUT2D eigenvalue weighted by Crippen LogP contribution is -2.69. The molecule has 0 spiro atoms. The number of hydrogen-bond donors (Lipinski definition) is 10. The average molecular weight is 547 g/mol. The molecule has 0 aromatic rings. The minimum absolute atomic E-state index is 0.116. The largest absolute Gasteiger partial charge is 0.492 e. The summed E-state index contributed by atoms with van der Waals surface area (Å²) in [6.07, 6.45) is -2.28. The summed E-state index contributed by atoms with van der Waals surface area (Å²) in [7, 11) is 1.60. The van der Waals surface area contributed by atoms with Crippen LogP contribution in [0.4, 0.5) is 0 Å². The number of ether oxygens (including phenoxy) is 3. The molecule has 2 fully saturated rings. The first-order valence-electron chi connectivity index (χ1n) is 13.2. The van der Waals surface area contributed by atoms with Crippen LogP contribution in [0.1, 0.15) is 26.2 Å². The summed E-state index contributed by atoms with van der Waals surface area (Å²) in [5.74, 6) is -0.0399. The Morgan fingerprint density at radius 2 is 2.03 bits per heavy atom. The highest BCUT2D eigenvalue weighted by Gasteiger charge is 2.53. The lowest BCUT2D eigenvalue weighted by molar-refractivity contribution is -0.297. The maximum atomic E-state index is 11.5. The number of carbonyl (C=O) groups is 1. The van der Waals surface area contributed by atoms with Gasteiger partial charge < -0.3 is 67.8 Å². The highest BCUT2D eigenvalue weighted by atomic mass is 16.7. The van der Waals surface area contributed by atoms with Crippen molar-refractivity contribution in [2.24, 2.45) is 23.1 Å². The van der Waals surface area contributed by atoms with Gasteiger partial charge in [0.05, 0.1) is 37.4 Å². The SMILES string of the molecule is CNC1C(O)C(OC2C(NC=O)CC(N)C(C3OC(CNCC(O)CCN)=CCC3N)C2O)OCC1(C)O. The van der Waals surface area contributed by atoms with Crippen LogP contribution in [0.2, 0.25) is 0 Å². The van der Waals surface area contributed by atoms with Crippen molar-refractivity contribution in [2.45, 2.75) is 92.8 Å². The molecule has 3 aliphatic rings. The van der Waals surface area contributed by atoms with E-state index in [2.05, 4.69) is 16.0 Å². The van der Waals surface area contributed by atoms with E-state index in [0.717, 1.165) is 0 Å². The lowest BCUT2D eigenvalue weighted by atomic mass is 9.72. The van der Waals surface area contributed by atoms with Crippen LogP contribution in [-0.4, -0.2) is 127 Å². The molecule has 0 bridgehead atoms. The first-order chi connectivity index (χ1) is 18.0. The molecule has 14 nitrogen and oxygen atoms in total. The molecule has 38 heavy (non-hydrogen) atoms. The Bertz CT molecular complexity index is 791. The van der Waals surface area contributed by atoms with Crippen LogP contribution < -0.4 is 33.2 Å². The number of amides is 1. The molecule has 14 heteroatoms. The first-order valence-corrected chi connectivity index (χ1v) is 13.2. The summed E-state index contributed by atoms with van der Waals surface area (Å²) < 4.78 is 17.9. The van der Waals surface area contributed by atoms with Crippen LogP contribution in [0.15, 0.2) is 11.8 Å². The summed E-state index contributed by atoms with van der Waals surface area (Å²) >= 11 is 0. The Balaban J connectivity index is 1.73. The topological polar surface area (TPSA) is 240 Å². The second-order valence-corrected chi connectivity index (χ2v) is 10.8. The molecule has 12 atom stereocenters. The summed E-state index contributed by atoms with van der Waals surface area (Å²) in [6.45, 7) is 2.51. The Kier molecular flexibility index (Phi) is 11.3. The van der Waals surface area contributed by atoms with E-state index in [-0.39, 0.29) is 13.0 Å². The van der Waals surface area contributed by atoms with Gasteiger partial charge in [-0.05, 0) is 45.9 Å². The molecule has 220 valence electrons. The molecule has 1 aliphatic carbocycles. The van der Waals surface area contributed by atoms with E-state index in [9.17, 15) is 25.2 Å². The predicted molar refractivity (Wildman–Crippen MR) is 137 cm³/mol. The number of hydrogen-bond acceptors (Lipinski definition) is 13. The van der Waals surface area contributed by atoms with Gasteiger partial charge in [-0.3, -0.25) is 4.79 Å². The maximum absolute atomic E-state index is 11.5. The zero-order chi connectivity index (χ0) is 28.0. The number of rotatable bonds is 12. The fourth-order valence-corrected chi connectivity index (χ4v) is 5.73. The fraction of sp³-hybridized carbons (Fsp3) is 0.875. The van der Waals surface area contributed by atoms with E-state index in [0.29, 0.717) is 44.6 Å². The number of aliphatic hydroxyl groups excluding tert-OH is 3. The van der Waals surface area contributed by atoms with Crippen molar-refractivity contribution in [3.8, 4) is 0 Å². The molecule has 0 radical (unpaired) electrons. The summed E-state index contributed by atoms with van der Waals surface area (Å²) in [5.41, 5.74) is 17.0. The first kappa shape index (κ1) is 31.1. The number of nitrogens with one attached hydrogen (secondary N) is 3. The van der Waals surface area contributed by atoms with E-state index in [1.807, 2.05) is 6.08 Å². The van der Waals surface area contributed by atoms with Crippen LogP contribution in [0.3, 0.4) is 0 Å². The predicted octanol–water partition coefficient (Wildman–Crippen LogP) is -4.45. The van der Waals surface area contributed by atoms with Gasteiger partial charge in [0.15, 0.2) is 6.29 Å². The van der Waals surface area contributed by atoms with Gasteiger partial charge in [-0.1, -0.05) is 0 Å². The van der Waals surface area contributed by atoms with E-state index < -0.39 is 72.5 Å². The second kappa shape index (κ2) is 13.8. The van der Waals surface area contributed by atoms with Gasteiger partial charge in [0, 0.05) is 24.5 Å². The van der Waals surface area contributed by atoms with Crippen molar-refractivity contribution in [1.29, 1.82) is 0 Å². The van der Waals surface area contributed by atoms with Crippen LogP contribution in [0.25, 0.3) is 0 Å². The Labute approximate surface area is 223 Å². The quantitative estimate of drug-likeness (QED) is 0.104. The Hall–Kier alpha value is -1.43. The van der Waals surface area contributed by atoms with Gasteiger partial charge in [0.2, 0.25) is 6.41 Å². The van der Waals surface area contributed by atoms with E-state index in [1.165, 1.54) is 6.92 Å². The molecule has 13 N–H and O–H groups in total. The smallest absolute Gasteiger partial charge is 0.207 e. The normalized spacial score (nSPS) is 42.6. The number of carbonyl (C=O) groups excluding carboxylic acids is 1. The van der Waals surface area contributed by atoms with Gasteiger partial charge >= 0.3 is 0 Å². The maximum Gasteiger partial charge on any atom is 0.207 e. The van der Waals surface area contributed by atoms with Gasteiger partial charge in [-0.15, -0.1) is 0 Å². The van der Waals surface area contributed by atoms with Crippen molar-refractivity contribution < 1.29 is 39.4 Å². The third-order valence-corrected chi connectivity index (χ3v) is 7.75. The van der Waals surface area contributed by atoms with Gasteiger partial charge in [0.1, 0.15) is 29.7 Å². The second-order valence-electron chi connectivity index (χ2n) is 10.8. The van der Waals surface area contributed by atoms with Gasteiger partial charge in [0.25, 0.3) is 0 Å². The molecule has 1 saturated carbocycles. The van der Waals surface area contributed by atoms with E-state index >= 15 is 0 Å². The van der Waals surface area contributed by atoms with Crippen molar-refractivity contribution in [3.63, 3.8) is 0 Å². The van der Waals surface area contributed by atoms with Crippen LogP contribution in [0.5, 0.6) is 0 Å². The van der Waals surface area contributed by atoms with Crippen molar-refractivity contribution in [2.75, 3.05) is 33.3 Å². The summed E-state index contributed by atoms with van der Waals surface area (Å²) in [6, 6.07) is -2.46. The molecule has 2 heterocycles. The molecule has 0 aromatic carbocycles. The lowest BCUT2D eigenvalue weighted by Gasteiger charge is -2.50. The van der Waals surface area contributed by atoms with E-state index in [1.54, 1.807) is 7.05 Å². The minimum Gasteiger partial charge on any atom is -0.492 e. The minimum atomic E-state index is -1.34. The van der Waals surface area contributed by atoms with Crippen LogP contribution in [0, 0.1) is 5.92 Å². The Morgan fingerprint density at radius 1 is 1.29 bits per heavy atom. The van der Waals surface area contributed by atoms with Gasteiger partial charge in [-0.25, -0.2) is 0 Å². The Morgan fingerprint density at radius 3 is 2.68 bits per heavy atom. The summed E-state index contributed by atoms with van der Waals surface area (Å²) in [5, 5.41) is 51.5. The molecule has 1 saturated heterocycles. The molecule has 2 aliphatic heterocycles. The van der Waals surface area contributed by atoms with E-state index in [4.69, 9.17) is 31.4 Å². The number of likely N-dealkylation sites (N-methyl/N-ethyl adjacent to an activating group) is 1. The summed E-state index contributed by atoms with van der Waals surface area (Å²) in [4.78, 5) is 11.3. The third kappa shape index (κ3) is 7.20. The molecule has 12 unspecified atom stereocenters. The van der Waals surface area contributed by atoms with Crippen molar-refractivity contribution in [3.05, 3.63) is 11.8 Å². The highest BCUT2D eigenvalue weighted by Crippen LogP contribution is 2.36. The molecular weight excluding hydrogens is 500 g/mol. The monoisotopic (exact) mass is 546 g/mol. The average Bonchev–Trinajstić information content (AvgIpc) is 2.85. The standard InChI is InChI=1S/C24H46N6O8/c1-24(35)10-36-23(19(34)22(24)28-2)38-21-16(30-11-31)7-15(27)17(18(21)33)20-14(26)4-3-13(37-20)9-29-8-12(32)5-6-25/h3,11-12,14-23,28-29,32-35H,4-10,25-27H2,1-2H3,(H,30,31). The fourth-order valence-electron chi connectivity index (χ4n) is 5.73. The van der Waals surface area contributed by atoms with Crippen molar-refractivity contribution >= 4 is 6.41 Å². The van der Waals surface area contributed by atoms with Gasteiger partial charge in [-0.2, -0.15) is 0 Å². The third-order valence-electron chi connectivity index (χ3n) is 7.75. The molecule has 1 amide bonds. The molecular formula is C24H46N6O8. The molecule has 3 rings (SSSR count).